The molecule has 16 heavy (non-hydrogen) atoms. The van der Waals surface area contributed by atoms with Gasteiger partial charge in [0.1, 0.15) is 5.82 Å². The van der Waals surface area contributed by atoms with Gasteiger partial charge in [-0.3, -0.25) is 0 Å². The zero-order valence-electron chi connectivity index (χ0n) is 9.15. The van der Waals surface area contributed by atoms with E-state index in [9.17, 15) is 9.18 Å². The summed E-state index contributed by atoms with van der Waals surface area (Å²) in [6.45, 7) is 0. The van der Waals surface area contributed by atoms with Crippen molar-refractivity contribution in [3.63, 3.8) is 0 Å². The van der Waals surface area contributed by atoms with E-state index in [0.29, 0.717) is 12.8 Å². The van der Waals surface area contributed by atoms with E-state index >= 15 is 0 Å². The van der Waals surface area contributed by atoms with Crippen LogP contribution >= 0.6 is 0 Å². The number of methoxy groups -OCH3 is 1. The Labute approximate surface area is 93.9 Å². The van der Waals surface area contributed by atoms with Crippen molar-refractivity contribution in [3.05, 3.63) is 35.6 Å². The number of benzene rings is 1. The first-order chi connectivity index (χ1) is 7.63. The lowest BCUT2D eigenvalue weighted by Crippen LogP contribution is -2.22. The average molecular weight is 226 g/mol. The first-order valence-corrected chi connectivity index (χ1v) is 5.13. The maximum atomic E-state index is 12.6. The van der Waals surface area contributed by atoms with E-state index < -0.39 is 12.1 Å². The van der Waals surface area contributed by atoms with E-state index in [1.54, 1.807) is 12.1 Å². The Balaban J connectivity index is 2.35. The fourth-order valence-electron chi connectivity index (χ4n) is 1.48. The summed E-state index contributed by atoms with van der Waals surface area (Å²) in [5.74, 6) is -1.20. The number of ether oxygens (including phenoxy) is 1. The highest BCUT2D eigenvalue weighted by Crippen LogP contribution is 2.09. The topological polar surface area (TPSA) is 46.5 Å². The van der Waals surface area contributed by atoms with Crippen molar-refractivity contribution in [3.8, 4) is 0 Å². The number of carboxylic acid groups (broad SMARTS) is 1. The highest BCUT2D eigenvalue weighted by atomic mass is 19.1. The molecule has 0 aliphatic carbocycles. The third-order valence-corrected chi connectivity index (χ3v) is 2.40. The zero-order valence-corrected chi connectivity index (χ0v) is 9.15. The molecule has 0 aliphatic rings. The van der Waals surface area contributed by atoms with Gasteiger partial charge in [0, 0.05) is 7.11 Å². The van der Waals surface area contributed by atoms with Gasteiger partial charge in [0.25, 0.3) is 0 Å². The number of halogens is 1. The highest BCUT2D eigenvalue weighted by molar-refractivity contribution is 5.72. The van der Waals surface area contributed by atoms with E-state index in [1.807, 2.05) is 0 Å². The summed E-state index contributed by atoms with van der Waals surface area (Å²) >= 11 is 0. The van der Waals surface area contributed by atoms with Crippen LogP contribution in [-0.2, 0) is 16.0 Å². The molecule has 0 aliphatic heterocycles. The molecule has 0 fully saturated rings. The predicted molar refractivity (Wildman–Crippen MR) is 57.8 cm³/mol. The quantitative estimate of drug-likeness (QED) is 0.809. The molecule has 1 rings (SSSR count). The van der Waals surface area contributed by atoms with Crippen LogP contribution < -0.4 is 0 Å². The van der Waals surface area contributed by atoms with Crippen LogP contribution in [0, 0.1) is 5.82 Å². The van der Waals surface area contributed by atoms with Crippen molar-refractivity contribution < 1.29 is 19.0 Å². The lowest BCUT2D eigenvalue weighted by atomic mass is 10.1. The summed E-state index contributed by atoms with van der Waals surface area (Å²) in [5, 5.41) is 8.73. The number of hydrogen-bond acceptors (Lipinski definition) is 2. The second-order valence-corrected chi connectivity index (χ2v) is 3.58. The van der Waals surface area contributed by atoms with Gasteiger partial charge in [-0.2, -0.15) is 0 Å². The largest absolute Gasteiger partial charge is 0.479 e. The fourth-order valence-corrected chi connectivity index (χ4v) is 1.48. The molecule has 0 radical (unpaired) electrons. The van der Waals surface area contributed by atoms with Gasteiger partial charge < -0.3 is 9.84 Å². The molecule has 1 N–H and O–H groups in total. The predicted octanol–water partition coefficient (Wildman–Crippen LogP) is 2.25. The Morgan fingerprint density at radius 2 is 2.06 bits per heavy atom. The van der Waals surface area contributed by atoms with Gasteiger partial charge in [-0.25, -0.2) is 9.18 Å². The number of carbonyl (C=O) groups is 1. The Morgan fingerprint density at radius 1 is 1.44 bits per heavy atom. The minimum atomic E-state index is -0.943. The SMILES string of the molecule is COC(CCCc1ccc(F)cc1)C(=O)O. The van der Waals surface area contributed by atoms with Gasteiger partial charge in [0.15, 0.2) is 6.10 Å². The van der Waals surface area contributed by atoms with Crippen LogP contribution in [-0.4, -0.2) is 24.3 Å². The summed E-state index contributed by atoms with van der Waals surface area (Å²) in [6.07, 6.45) is 1.15. The molecule has 1 aromatic carbocycles. The molecule has 1 unspecified atom stereocenters. The monoisotopic (exact) mass is 226 g/mol. The van der Waals surface area contributed by atoms with Crippen molar-refractivity contribution >= 4 is 5.97 Å². The van der Waals surface area contributed by atoms with Crippen LogP contribution in [0.1, 0.15) is 18.4 Å². The molecule has 0 saturated carbocycles. The van der Waals surface area contributed by atoms with Crippen molar-refractivity contribution in [2.45, 2.75) is 25.4 Å². The Kier molecular flexibility index (Phi) is 4.92. The number of aliphatic carboxylic acids is 1. The minimum Gasteiger partial charge on any atom is -0.479 e. The molecule has 1 atom stereocenters. The second kappa shape index (κ2) is 6.23. The summed E-state index contributed by atoms with van der Waals surface area (Å²) in [4.78, 5) is 10.6. The van der Waals surface area contributed by atoms with Crippen molar-refractivity contribution in [1.29, 1.82) is 0 Å². The summed E-state index contributed by atoms with van der Waals surface area (Å²) in [6, 6.07) is 6.22. The molecule has 0 heterocycles. The molecule has 0 saturated heterocycles. The standard InChI is InChI=1S/C12H15FO3/c1-16-11(12(14)15)4-2-3-9-5-7-10(13)8-6-9/h5-8,11H,2-4H2,1H3,(H,14,15). The van der Waals surface area contributed by atoms with Gasteiger partial charge in [0.2, 0.25) is 0 Å². The first kappa shape index (κ1) is 12.6. The Hall–Kier alpha value is -1.42. The molecule has 4 heteroatoms. The molecule has 0 bridgehead atoms. The van der Waals surface area contributed by atoms with Gasteiger partial charge in [-0.1, -0.05) is 12.1 Å². The van der Waals surface area contributed by atoms with Gasteiger partial charge in [0.05, 0.1) is 0 Å². The molecular weight excluding hydrogens is 211 g/mol. The van der Waals surface area contributed by atoms with E-state index in [-0.39, 0.29) is 5.82 Å². The smallest absolute Gasteiger partial charge is 0.332 e. The summed E-state index contributed by atoms with van der Waals surface area (Å²) < 4.78 is 17.4. The van der Waals surface area contributed by atoms with Gasteiger partial charge in [-0.05, 0) is 37.0 Å². The lowest BCUT2D eigenvalue weighted by Gasteiger charge is -2.09. The van der Waals surface area contributed by atoms with Crippen LogP contribution in [0.4, 0.5) is 4.39 Å². The molecule has 0 amide bonds. The Bertz CT molecular complexity index is 335. The van der Waals surface area contributed by atoms with Crippen molar-refractivity contribution in [2.75, 3.05) is 7.11 Å². The second-order valence-electron chi connectivity index (χ2n) is 3.58. The normalized spacial score (nSPS) is 12.4. The minimum absolute atomic E-state index is 0.260. The molecule has 0 aromatic heterocycles. The molecular formula is C12H15FO3. The van der Waals surface area contributed by atoms with E-state index in [2.05, 4.69) is 0 Å². The maximum absolute atomic E-state index is 12.6. The highest BCUT2D eigenvalue weighted by Gasteiger charge is 2.15. The number of aryl methyl sites for hydroxylation is 1. The number of rotatable bonds is 6. The fraction of sp³-hybridized carbons (Fsp3) is 0.417. The Morgan fingerprint density at radius 3 is 2.56 bits per heavy atom. The molecule has 88 valence electrons. The van der Waals surface area contributed by atoms with Crippen molar-refractivity contribution in [2.24, 2.45) is 0 Å². The molecule has 1 aromatic rings. The maximum Gasteiger partial charge on any atom is 0.332 e. The zero-order chi connectivity index (χ0) is 12.0. The van der Waals surface area contributed by atoms with Gasteiger partial charge in [-0.15, -0.1) is 0 Å². The first-order valence-electron chi connectivity index (χ1n) is 5.13. The van der Waals surface area contributed by atoms with Gasteiger partial charge >= 0.3 is 5.97 Å². The summed E-state index contributed by atoms with van der Waals surface area (Å²) in [7, 11) is 1.39. The van der Waals surface area contributed by atoms with Crippen molar-refractivity contribution in [1.82, 2.24) is 0 Å². The number of hydrogen-bond donors (Lipinski definition) is 1. The third kappa shape index (κ3) is 3.98. The number of carboxylic acids is 1. The van der Waals surface area contributed by atoms with E-state index in [1.165, 1.54) is 19.2 Å². The van der Waals surface area contributed by atoms with Crippen LogP contribution in [0.2, 0.25) is 0 Å². The third-order valence-electron chi connectivity index (χ3n) is 2.40. The average Bonchev–Trinajstić information content (AvgIpc) is 2.26. The van der Waals surface area contributed by atoms with Crippen LogP contribution in [0.3, 0.4) is 0 Å². The molecule has 0 spiro atoms. The lowest BCUT2D eigenvalue weighted by molar-refractivity contribution is -0.148. The van der Waals surface area contributed by atoms with E-state index in [0.717, 1.165) is 12.0 Å². The molecule has 3 nitrogen and oxygen atoms in total. The van der Waals surface area contributed by atoms with Crippen LogP contribution in [0.25, 0.3) is 0 Å². The van der Waals surface area contributed by atoms with Crippen LogP contribution in [0.5, 0.6) is 0 Å². The van der Waals surface area contributed by atoms with E-state index in [4.69, 9.17) is 9.84 Å². The van der Waals surface area contributed by atoms with Crippen LogP contribution in [0.15, 0.2) is 24.3 Å². The summed E-state index contributed by atoms with van der Waals surface area (Å²) in [5.41, 5.74) is 1.00.